The molecule has 0 aliphatic carbocycles. The van der Waals surface area contributed by atoms with Gasteiger partial charge in [-0.15, -0.1) is 0 Å². The molecule has 0 bridgehead atoms. The maximum absolute atomic E-state index is 11.8. The van der Waals surface area contributed by atoms with Gasteiger partial charge in [0.2, 0.25) is 11.8 Å². The lowest BCUT2D eigenvalue weighted by Crippen LogP contribution is -2.37. The monoisotopic (exact) mass is 458 g/mol. The van der Waals surface area contributed by atoms with Gasteiger partial charge in [0, 0.05) is 43.6 Å². The highest BCUT2D eigenvalue weighted by Gasteiger charge is 2.28. The van der Waals surface area contributed by atoms with Gasteiger partial charge in [-0.05, 0) is 61.9 Å². The van der Waals surface area contributed by atoms with Crippen molar-refractivity contribution in [1.82, 2.24) is 20.0 Å². The molecule has 2 heterocycles. The van der Waals surface area contributed by atoms with Gasteiger partial charge >= 0.3 is 0 Å². The Balaban J connectivity index is 1.69. The van der Waals surface area contributed by atoms with E-state index >= 15 is 0 Å². The quantitative estimate of drug-likeness (QED) is 0.507. The van der Waals surface area contributed by atoms with Crippen LogP contribution in [0.3, 0.4) is 0 Å². The average molecular weight is 459 g/mol. The highest BCUT2D eigenvalue weighted by molar-refractivity contribution is 5.88. The predicted molar refractivity (Wildman–Crippen MR) is 137 cm³/mol. The molecule has 1 fully saturated rings. The maximum Gasteiger partial charge on any atom is 0.243 e. The number of aromatic nitrogens is 2. The van der Waals surface area contributed by atoms with Crippen molar-refractivity contribution in [3.8, 4) is 11.1 Å². The standard InChI is InChI=1S/C28H34N4O2/c1-5-27(34)29-15-12-20(3)32-28(22-13-16-31(17-14-22)21(4)33)25-11-10-23(18-26(25)30-32)24-9-7-6-8-19(24)2/h5-11,18,20,22H,1,12-17H2,2-4H3,(H,29,34). The first-order valence-corrected chi connectivity index (χ1v) is 12.1. The fourth-order valence-corrected chi connectivity index (χ4v) is 5.00. The molecule has 1 aromatic heterocycles. The minimum Gasteiger partial charge on any atom is -0.352 e. The third-order valence-corrected chi connectivity index (χ3v) is 6.98. The Labute approximate surface area is 201 Å². The zero-order valence-electron chi connectivity index (χ0n) is 20.4. The summed E-state index contributed by atoms with van der Waals surface area (Å²) in [6.45, 7) is 11.6. The summed E-state index contributed by atoms with van der Waals surface area (Å²) in [5, 5.41) is 9.14. The lowest BCUT2D eigenvalue weighted by Gasteiger charge is -2.32. The molecule has 6 nitrogen and oxygen atoms in total. The van der Waals surface area contributed by atoms with Gasteiger partial charge in [-0.25, -0.2) is 0 Å². The number of likely N-dealkylation sites (tertiary alicyclic amines) is 1. The van der Waals surface area contributed by atoms with E-state index in [-0.39, 0.29) is 17.9 Å². The number of benzene rings is 2. The van der Waals surface area contributed by atoms with Crippen LogP contribution in [0.1, 0.15) is 56.3 Å². The van der Waals surface area contributed by atoms with Gasteiger partial charge in [0.1, 0.15) is 0 Å². The Morgan fingerprint density at radius 2 is 1.94 bits per heavy atom. The topological polar surface area (TPSA) is 67.2 Å². The van der Waals surface area contributed by atoms with E-state index in [0.29, 0.717) is 12.5 Å². The number of hydrogen-bond acceptors (Lipinski definition) is 3. The molecule has 1 atom stereocenters. The molecule has 4 rings (SSSR count). The van der Waals surface area contributed by atoms with Gasteiger partial charge in [-0.1, -0.05) is 43.0 Å². The number of fused-ring (bicyclic) bond motifs is 1. The van der Waals surface area contributed by atoms with Crippen LogP contribution in [0, 0.1) is 6.92 Å². The fraction of sp³-hybridized carbons (Fsp3) is 0.393. The van der Waals surface area contributed by atoms with E-state index < -0.39 is 0 Å². The second kappa shape index (κ2) is 10.2. The van der Waals surface area contributed by atoms with Crippen molar-refractivity contribution in [3.05, 3.63) is 66.4 Å². The van der Waals surface area contributed by atoms with Crippen molar-refractivity contribution in [1.29, 1.82) is 0 Å². The number of nitrogens with zero attached hydrogens (tertiary/aromatic N) is 3. The van der Waals surface area contributed by atoms with Crippen LogP contribution in [0.2, 0.25) is 0 Å². The van der Waals surface area contributed by atoms with Crippen LogP contribution in [0.5, 0.6) is 0 Å². The van der Waals surface area contributed by atoms with Crippen LogP contribution in [0.4, 0.5) is 0 Å². The summed E-state index contributed by atoms with van der Waals surface area (Å²) in [6.07, 6.45) is 3.94. The van der Waals surface area contributed by atoms with E-state index in [0.717, 1.165) is 37.9 Å². The van der Waals surface area contributed by atoms with E-state index in [1.807, 2.05) is 4.90 Å². The number of carbonyl (C=O) groups is 2. The second-order valence-corrected chi connectivity index (χ2v) is 9.29. The maximum atomic E-state index is 11.8. The number of piperidine rings is 1. The molecule has 0 saturated carbocycles. The number of rotatable bonds is 7. The Hall–Kier alpha value is -3.41. The molecule has 2 aromatic carbocycles. The molecule has 6 heteroatoms. The van der Waals surface area contributed by atoms with Crippen molar-refractivity contribution in [2.24, 2.45) is 0 Å². The first kappa shape index (κ1) is 23.7. The summed E-state index contributed by atoms with van der Waals surface area (Å²) in [4.78, 5) is 25.4. The first-order valence-electron chi connectivity index (χ1n) is 12.1. The molecule has 1 aliphatic heterocycles. The SMILES string of the molecule is C=CC(=O)NCCC(C)n1nc2cc(-c3ccccc3C)ccc2c1C1CCN(C(C)=O)CC1. The Morgan fingerprint density at radius 3 is 2.62 bits per heavy atom. The summed E-state index contributed by atoms with van der Waals surface area (Å²) in [5.74, 6) is 0.332. The zero-order valence-corrected chi connectivity index (χ0v) is 20.4. The van der Waals surface area contributed by atoms with Gasteiger partial charge in [-0.3, -0.25) is 14.3 Å². The van der Waals surface area contributed by atoms with Gasteiger partial charge in [0.25, 0.3) is 0 Å². The Morgan fingerprint density at radius 1 is 1.21 bits per heavy atom. The molecule has 1 saturated heterocycles. The van der Waals surface area contributed by atoms with Crippen molar-refractivity contribution < 1.29 is 9.59 Å². The van der Waals surface area contributed by atoms with Gasteiger partial charge in [0.05, 0.1) is 11.6 Å². The number of carbonyl (C=O) groups excluding carboxylic acids is 2. The highest BCUT2D eigenvalue weighted by Crippen LogP contribution is 2.37. The summed E-state index contributed by atoms with van der Waals surface area (Å²) in [6, 6.07) is 15.1. The average Bonchev–Trinajstić information content (AvgIpc) is 3.23. The third kappa shape index (κ3) is 4.91. The van der Waals surface area contributed by atoms with E-state index in [9.17, 15) is 9.59 Å². The molecule has 0 spiro atoms. The van der Waals surface area contributed by atoms with Crippen molar-refractivity contribution in [3.63, 3.8) is 0 Å². The zero-order chi connectivity index (χ0) is 24.2. The largest absolute Gasteiger partial charge is 0.352 e. The molecule has 2 amide bonds. The van der Waals surface area contributed by atoms with Crippen molar-refractivity contribution >= 4 is 22.7 Å². The number of amides is 2. The molecule has 0 radical (unpaired) electrons. The number of hydrogen-bond donors (Lipinski definition) is 1. The lowest BCUT2D eigenvalue weighted by molar-refractivity contribution is -0.129. The summed E-state index contributed by atoms with van der Waals surface area (Å²) in [7, 11) is 0. The molecule has 1 unspecified atom stereocenters. The second-order valence-electron chi connectivity index (χ2n) is 9.29. The lowest BCUT2D eigenvalue weighted by atomic mass is 9.90. The summed E-state index contributed by atoms with van der Waals surface area (Å²) >= 11 is 0. The fourth-order valence-electron chi connectivity index (χ4n) is 5.00. The van der Waals surface area contributed by atoms with Gasteiger partial charge in [-0.2, -0.15) is 5.10 Å². The molecular weight excluding hydrogens is 424 g/mol. The number of nitrogens with one attached hydrogen (secondary N) is 1. The van der Waals surface area contributed by atoms with Gasteiger partial charge in [0.15, 0.2) is 0 Å². The van der Waals surface area contributed by atoms with Crippen LogP contribution in [-0.4, -0.2) is 46.1 Å². The van der Waals surface area contributed by atoms with Crippen molar-refractivity contribution in [2.75, 3.05) is 19.6 Å². The van der Waals surface area contributed by atoms with Crippen LogP contribution in [-0.2, 0) is 9.59 Å². The van der Waals surface area contributed by atoms with E-state index in [4.69, 9.17) is 5.10 Å². The molecular formula is C28H34N4O2. The highest BCUT2D eigenvalue weighted by atomic mass is 16.2. The first-order chi connectivity index (χ1) is 16.4. The minimum absolute atomic E-state index is 0.125. The smallest absolute Gasteiger partial charge is 0.243 e. The van der Waals surface area contributed by atoms with Crippen LogP contribution in [0.25, 0.3) is 22.0 Å². The minimum atomic E-state index is -0.155. The molecule has 34 heavy (non-hydrogen) atoms. The van der Waals surface area contributed by atoms with E-state index in [1.54, 1.807) is 6.92 Å². The normalized spacial score (nSPS) is 15.3. The Kier molecular flexibility index (Phi) is 7.15. The van der Waals surface area contributed by atoms with E-state index in [1.165, 1.54) is 33.8 Å². The predicted octanol–water partition coefficient (Wildman–Crippen LogP) is 4.99. The van der Waals surface area contributed by atoms with Crippen molar-refractivity contribution in [2.45, 2.75) is 52.0 Å². The van der Waals surface area contributed by atoms with E-state index in [2.05, 4.69) is 72.9 Å². The summed E-state index contributed by atoms with van der Waals surface area (Å²) < 4.78 is 2.17. The molecule has 178 valence electrons. The van der Waals surface area contributed by atoms with Crippen LogP contribution in [0.15, 0.2) is 55.1 Å². The van der Waals surface area contributed by atoms with Crippen LogP contribution >= 0.6 is 0 Å². The molecule has 3 aromatic rings. The molecule has 1 aliphatic rings. The van der Waals surface area contributed by atoms with Crippen LogP contribution < -0.4 is 5.32 Å². The number of aryl methyl sites for hydroxylation is 1. The third-order valence-electron chi connectivity index (χ3n) is 6.98. The van der Waals surface area contributed by atoms with Gasteiger partial charge < -0.3 is 10.2 Å². The molecule has 1 N–H and O–H groups in total. The Bertz CT molecular complexity index is 1200. The summed E-state index contributed by atoms with van der Waals surface area (Å²) in [5.41, 5.74) is 5.86.